The lowest BCUT2D eigenvalue weighted by Crippen LogP contribution is -2.48. The fourth-order valence-electron chi connectivity index (χ4n) is 3.69. The van der Waals surface area contributed by atoms with Gasteiger partial charge >= 0.3 is 0 Å². The van der Waals surface area contributed by atoms with Gasteiger partial charge in [-0.3, -0.25) is 14.5 Å². The van der Waals surface area contributed by atoms with Gasteiger partial charge in [-0.05, 0) is 51.5 Å². The van der Waals surface area contributed by atoms with Gasteiger partial charge in [-0.1, -0.05) is 5.16 Å². The molecule has 0 aromatic carbocycles. The van der Waals surface area contributed by atoms with Gasteiger partial charge in [0.25, 0.3) is 0 Å². The highest BCUT2D eigenvalue weighted by Gasteiger charge is 2.35. The Balaban J connectivity index is 1.35. The molecule has 3 aliphatic rings. The fourth-order valence-corrected chi connectivity index (χ4v) is 3.69. The molecule has 0 spiro atoms. The Morgan fingerprint density at radius 1 is 1.24 bits per heavy atom. The summed E-state index contributed by atoms with van der Waals surface area (Å²) in [5.41, 5.74) is 0. The van der Waals surface area contributed by atoms with Gasteiger partial charge in [0.15, 0.2) is 5.82 Å². The molecule has 0 bridgehead atoms. The van der Waals surface area contributed by atoms with E-state index in [2.05, 4.69) is 25.7 Å². The maximum Gasteiger partial charge on any atom is 0.242 e. The summed E-state index contributed by atoms with van der Waals surface area (Å²) in [6.07, 6.45) is 6.81. The van der Waals surface area contributed by atoms with E-state index in [1.54, 1.807) is 0 Å². The molecule has 2 saturated heterocycles. The molecule has 0 radical (unpaired) electrons. The van der Waals surface area contributed by atoms with E-state index in [4.69, 9.17) is 4.52 Å². The van der Waals surface area contributed by atoms with Crippen molar-refractivity contribution in [1.29, 1.82) is 0 Å². The molecule has 25 heavy (non-hydrogen) atoms. The number of hydrogen-bond acceptors (Lipinski definition) is 6. The van der Waals surface area contributed by atoms with Crippen molar-refractivity contribution in [3.63, 3.8) is 0 Å². The van der Waals surface area contributed by atoms with Gasteiger partial charge in [-0.2, -0.15) is 4.98 Å². The topological polar surface area (TPSA) is 100 Å². The molecule has 1 aromatic rings. The zero-order chi connectivity index (χ0) is 17.2. The van der Waals surface area contributed by atoms with E-state index in [1.165, 1.54) is 0 Å². The van der Waals surface area contributed by atoms with Crippen molar-refractivity contribution in [3.8, 4) is 0 Å². The van der Waals surface area contributed by atoms with E-state index in [0.29, 0.717) is 24.7 Å². The molecule has 8 nitrogen and oxygen atoms in total. The molecule has 1 saturated carbocycles. The molecule has 2 amide bonds. The van der Waals surface area contributed by atoms with Gasteiger partial charge in [-0.25, -0.2) is 0 Å². The van der Waals surface area contributed by atoms with Crippen LogP contribution >= 0.6 is 0 Å². The van der Waals surface area contributed by atoms with E-state index in [-0.39, 0.29) is 24.4 Å². The van der Waals surface area contributed by atoms with Crippen molar-refractivity contribution in [1.82, 2.24) is 25.7 Å². The van der Waals surface area contributed by atoms with Crippen LogP contribution in [-0.2, 0) is 9.59 Å². The van der Waals surface area contributed by atoms with Crippen LogP contribution in [-0.4, -0.2) is 52.5 Å². The molecule has 1 aromatic heterocycles. The first-order valence-corrected chi connectivity index (χ1v) is 9.35. The van der Waals surface area contributed by atoms with Crippen molar-refractivity contribution in [3.05, 3.63) is 11.7 Å². The van der Waals surface area contributed by atoms with E-state index in [1.807, 2.05) is 0 Å². The van der Waals surface area contributed by atoms with Crippen molar-refractivity contribution < 1.29 is 14.1 Å². The van der Waals surface area contributed by atoms with E-state index < -0.39 is 6.04 Å². The maximum atomic E-state index is 12.4. The van der Waals surface area contributed by atoms with Gasteiger partial charge in [-0.15, -0.1) is 0 Å². The molecular weight excluding hydrogens is 322 g/mol. The number of amides is 2. The van der Waals surface area contributed by atoms with Gasteiger partial charge in [0, 0.05) is 12.5 Å². The second-order valence-corrected chi connectivity index (χ2v) is 7.30. The van der Waals surface area contributed by atoms with Crippen LogP contribution in [0.3, 0.4) is 0 Å². The predicted octanol–water partition coefficient (Wildman–Crippen LogP) is 0.869. The Morgan fingerprint density at radius 3 is 2.96 bits per heavy atom. The molecule has 1 aliphatic carbocycles. The third-order valence-corrected chi connectivity index (χ3v) is 5.26. The number of aromatic nitrogens is 2. The molecule has 3 fully saturated rings. The van der Waals surface area contributed by atoms with Crippen LogP contribution in [0.15, 0.2) is 4.52 Å². The molecule has 4 rings (SSSR count). The van der Waals surface area contributed by atoms with E-state index >= 15 is 0 Å². The number of carbonyl (C=O) groups excluding carboxylic acids is 2. The lowest BCUT2D eigenvalue weighted by atomic mass is 10.1. The smallest absolute Gasteiger partial charge is 0.242 e. The van der Waals surface area contributed by atoms with Crippen molar-refractivity contribution in [2.75, 3.05) is 19.6 Å². The average molecular weight is 347 g/mol. The van der Waals surface area contributed by atoms with Gasteiger partial charge in [0.1, 0.15) is 6.04 Å². The van der Waals surface area contributed by atoms with Crippen LogP contribution in [0, 0.1) is 0 Å². The second-order valence-electron chi connectivity index (χ2n) is 7.30. The molecule has 2 N–H and O–H groups in total. The summed E-state index contributed by atoms with van der Waals surface area (Å²) in [6.45, 7) is 1.80. The molecule has 2 aliphatic heterocycles. The first-order chi connectivity index (χ1) is 12.2. The summed E-state index contributed by atoms with van der Waals surface area (Å²) in [5, 5.41) is 9.87. The summed E-state index contributed by atoms with van der Waals surface area (Å²) in [6, 6.07) is -0.382. The summed E-state index contributed by atoms with van der Waals surface area (Å²) in [5.74, 6) is 1.69. The highest BCUT2D eigenvalue weighted by molar-refractivity contribution is 5.88. The first kappa shape index (κ1) is 16.5. The standard InChI is InChI=1S/C17H25N5O3/c23-14(19-12-4-1-2-8-18-16(12)24)10-22-9-3-5-13(22)15-20-17(25-21-15)11-6-7-11/h11-13H,1-10H2,(H,18,24)(H,19,23). The van der Waals surface area contributed by atoms with E-state index in [9.17, 15) is 9.59 Å². The van der Waals surface area contributed by atoms with Crippen molar-refractivity contribution in [2.24, 2.45) is 0 Å². The quantitative estimate of drug-likeness (QED) is 0.820. The number of hydrogen-bond donors (Lipinski definition) is 2. The van der Waals surface area contributed by atoms with Crippen LogP contribution < -0.4 is 10.6 Å². The Labute approximate surface area is 146 Å². The largest absolute Gasteiger partial charge is 0.354 e. The third-order valence-electron chi connectivity index (χ3n) is 5.26. The summed E-state index contributed by atoms with van der Waals surface area (Å²) >= 11 is 0. The Bertz CT molecular complexity index is 642. The van der Waals surface area contributed by atoms with Crippen LogP contribution in [0.25, 0.3) is 0 Å². The summed E-state index contributed by atoms with van der Waals surface area (Å²) in [7, 11) is 0. The van der Waals surface area contributed by atoms with Gasteiger partial charge in [0.2, 0.25) is 17.7 Å². The lowest BCUT2D eigenvalue weighted by molar-refractivity contribution is -0.129. The number of likely N-dealkylation sites (tertiary alicyclic amines) is 1. The Kier molecular flexibility index (Phi) is 4.70. The lowest BCUT2D eigenvalue weighted by Gasteiger charge is -2.22. The fraction of sp³-hybridized carbons (Fsp3) is 0.765. The molecule has 2 atom stereocenters. The number of nitrogens with one attached hydrogen (secondary N) is 2. The highest BCUT2D eigenvalue weighted by Crippen LogP contribution is 2.40. The molecule has 2 unspecified atom stereocenters. The minimum atomic E-state index is -0.414. The number of nitrogens with zero attached hydrogens (tertiary/aromatic N) is 3. The number of rotatable bonds is 5. The minimum Gasteiger partial charge on any atom is -0.354 e. The average Bonchev–Trinajstić information content (AvgIpc) is 3.21. The van der Waals surface area contributed by atoms with Crippen molar-refractivity contribution >= 4 is 11.8 Å². The Morgan fingerprint density at radius 2 is 2.12 bits per heavy atom. The van der Waals surface area contributed by atoms with Crippen LogP contribution in [0.4, 0.5) is 0 Å². The summed E-state index contributed by atoms with van der Waals surface area (Å²) < 4.78 is 5.36. The van der Waals surface area contributed by atoms with Gasteiger partial charge in [0.05, 0.1) is 12.6 Å². The van der Waals surface area contributed by atoms with Crippen LogP contribution in [0.1, 0.15) is 68.6 Å². The third kappa shape index (κ3) is 3.84. The SMILES string of the molecule is O=C(CN1CCCC1c1noc(C2CC2)n1)NC1CCCCNC1=O. The summed E-state index contributed by atoms with van der Waals surface area (Å²) in [4.78, 5) is 31.0. The molecule has 8 heteroatoms. The van der Waals surface area contributed by atoms with Gasteiger partial charge < -0.3 is 15.2 Å². The minimum absolute atomic E-state index is 0.0324. The molecule has 136 valence electrons. The molecule has 3 heterocycles. The second kappa shape index (κ2) is 7.11. The predicted molar refractivity (Wildman–Crippen MR) is 88.6 cm³/mol. The number of carbonyl (C=O) groups is 2. The van der Waals surface area contributed by atoms with Crippen molar-refractivity contribution in [2.45, 2.75) is 62.9 Å². The van der Waals surface area contributed by atoms with Crippen LogP contribution in [0.2, 0.25) is 0 Å². The normalized spacial score (nSPS) is 27.8. The first-order valence-electron chi connectivity index (χ1n) is 9.35. The zero-order valence-corrected chi connectivity index (χ0v) is 14.4. The highest BCUT2D eigenvalue weighted by atomic mass is 16.5. The van der Waals surface area contributed by atoms with E-state index in [0.717, 1.165) is 51.0 Å². The monoisotopic (exact) mass is 347 g/mol. The van der Waals surface area contributed by atoms with Crippen LogP contribution in [0.5, 0.6) is 0 Å². The maximum absolute atomic E-state index is 12.4. The Hall–Kier alpha value is -1.96. The molecular formula is C17H25N5O3. The zero-order valence-electron chi connectivity index (χ0n) is 14.4.